The smallest absolute Gasteiger partial charge is 0.174 e. The second-order valence-corrected chi connectivity index (χ2v) is 7.62. The predicted molar refractivity (Wildman–Crippen MR) is 121 cm³/mol. The Bertz CT molecular complexity index is 1120. The van der Waals surface area contributed by atoms with Gasteiger partial charge in [0.25, 0.3) is 0 Å². The van der Waals surface area contributed by atoms with E-state index in [1.54, 1.807) is 24.4 Å². The zero-order valence-electron chi connectivity index (χ0n) is 17.0. The highest BCUT2D eigenvalue weighted by Crippen LogP contribution is 2.44. The van der Waals surface area contributed by atoms with Crippen molar-refractivity contribution in [1.29, 1.82) is 0 Å². The maximum absolute atomic E-state index is 10.5. The number of nitrogens with zero attached hydrogens (tertiary/aromatic N) is 3. The molecule has 5 heteroatoms. The van der Waals surface area contributed by atoms with Crippen molar-refractivity contribution in [3.05, 3.63) is 99.6 Å². The van der Waals surface area contributed by atoms with Gasteiger partial charge in [0.1, 0.15) is 0 Å². The number of allylic oxidation sites excluding steroid dienone is 3. The van der Waals surface area contributed by atoms with Gasteiger partial charge in [0, 0.05) is 4.91 Å². The van der Waals surface area contributed by atoms with Crippen molar-refractivity contribution in [2.24, 2.45) is 5.11 Å². The molecule has 0 fully saturated rings. The highest BCUT2D eigenvalue weighted by molar-refractivity contribution is 5.92. The van der Waals surface area contributed by atoms with E-state index < -0.39 is 0 Å². The first-order chi connectivity index (χ1) is 14.7. The molecule has 5 nitrogen and oxygen atoms in total. The summed E-state index contributed by atoms with van der Waals surface area (Å²) in [5, 5.41) is 6.86. The van der Waals surface area contributed by atoms with E-state index in [9.17, 15) is 4.79 Å². The van der Waals surface area contributed by atoms with Crippen LogP contribution >= 0.6 is 0 Å². The minimum absolute atomic E-state index is 0.0658. The predicted octanol–water partition coefficient (Wildman–Crippen LogP) is 5.84. The highest BCUT2D eigenvalue weighted by atomic mass is 16.1. The van der Waals surface area contributed by atoms with E-state index in [1.165, 1.54) is 39.0 Å². The van der Waals surface area contributed by atoms with Crippen LogP contribution in [0.4, 0.5) is 0 Å². The lowest BCUT2D eigenvalue weighted by Crippen LogP contribution is -2.13. The second kappa shape index (κ2) is 8.85. The largest absolute Gasteiger partial charge is 0.383 e. The maximum atomic E-state index is 10.5. The van der Waals surface area contributed by atoms with Crippen LogP contribution in [0, 0.1) is 0 Å². The number of carbonyl (C=O) groups excluding carboxylic acids is 1. The van der Waals surface area contributed by atoms with Gasteiger partial charge in [-0.15, -0.1) is 0 Å². The maximum Gasteiger partial charge on any atom is 0.174 e. The molecule has 1 N–H and O–H groups in total. The summed E-state index contributed by atoms with van der Waals surface area (Å²) in [5.41, 5.74) is 18.1. The summed E-state index contributed by atoms with van der Waals surface area (Å²) < 4.78 is 0. The fourth-order valence-electron chi connectivity index (χ4n) is 4.36. The van der Waals surface area contributed by atoms with Crippen molar-refractivity contribution in [1.82, 2.24) is 5.32 Å². The van der Waals surface area contributed by atoms with Crippen LogP contribution < -0.4 is 5.32 Å². The van der Waals surface area contributed by atoms with Gasteiger partial charge < -0.3 is 5.32 Å². The molecule has 0 amide bonds. The highest BCUT2D eigenvalue weighted by Gasteiger charge is 2.26. The Balaban J connectivity index is 0.000000230. The molecule has 0 aromatic heterocycles. The second-order valence-electron chi connectivity index (χ2n) is 7.62. The average Bonchev–Trinajstić information content (AvgIpc) is 3.03. The number of hydrogen-bond acceptors (Lipinski definition) is 3. The molecule has 3 aliphatic rings. The van der Waals surface area contributed by atoms with Gasteiger partial charge >= 0.3 is 0 Å². The van der Waals surface area contributed by atoms with Gasteiger partial charge in [-0.05, 0) is 89.0 Å². The van der Waals surface area contributed by atoms with Crippen molar-refractivity contribution in [3.8, 4) is 11.1 Å². The molecule has 2 aromatic carbocycles. The molecule has 1 aliphatic heterocycles. The summed E-state index contributed by atoms with van der Waals surface area (Å²) in [6, 6.07) is 13.0. The van der Waals surface area contributed by atoms with Crippen LogP contribution in [-0.2, 0) is 17.6 Å². The first kappa shape index (κ1) is 19.7. The number of carbonyl (C=O) groups is 1. The first-order valence-corrected chi connectivity index (χ1v) is 10.2. The van der Waals surface area contributed by atoms with Crippen LogP contribution in [0.15, 0.2) is 72.0 Å². The van der Waals surface area contributed by atoms with Crippen LogP contribution in [0.5, 0.6) is 0 Å². The quantitative estimate of drug-likeness (QED) is 0.373. The zero-order chi connectivity index (χ0) is 20.9. The van der Waals surface area contributed by atoms with Crippen LogP contribution in [0.1, 0.15) is 41.6 Å². The Labute approximate surface area is 176 Å². The molecule has 0 spiro atoms. The van der Waals surface area contributed by atoms with Gasteiger partial charge in [0.05, 0.1) is 12.6 Å². The lowest BCUT2D eigenvalue weighted by atomic mass is 9.77. The van der Waals surface area contributed by atoms with Gasteiger partial charge in [-0.2, -0.15) is 0 Å². The summed E-state index contributed by atoms with van der Waals surface area (Å²) in [5.74, 6) is 0.120. The number of fused-ring (bicyclic) bond motifs is 5. The van der Waals surface area contributed by atoms with Gasteiger partial charge in [-0.3, -0.25) is 4.79 Å². The standard InChI is InChI=1S/C19H17N3.C6H7NO/c1-12-6-11-18(21-22-20)19-14(12)9-10-16-15-5-3-2-4-13(15)7-8-17(16)19;8-6-3-1-2-4-7-5-6/h2-6,9-10,18H,7-8,11H2,1H3;1-4,7H,5H2. The molecule has 1 atom stereocenters. The number of nitrogens with one attached hydrogen (secondary N) is 1. The summed E-state index contributed by atoms with van der Waals surface area (Å²) >= 11 is 0. The average molecular weight is 396 g/mol. The van der Waals surface area contributed by atoms with Crippen LogP contribution in [-0.4, -0.2) is 12.3 Å². The summed E-state index contributed by atoms with van der Waals surface area (Å²) in [7, 11) is 0. The Morgan fingerprint density at radius 2 is 1.90 bits per heavy atom. The van der Waals surface area contributed by atoms with Gasteiger partial charge in [-0.25, -0.2) is 0 Å². The van der Waals surface area contributed by atoms with Gasteiger partial charge in [0.15, 0.2) is 5.78 Å². The third-order valence-corrected chi connectivity index (χ3v) is 5.79. The molecule has 150 valence electrons. The number of aryl methyl sites for hydroxylation is 1. The normalized spacial score (nSPS) is 18.2. The third kappa shape index (κ3) is 3.93. The van der Waals surface area contributed by atoms with Crippen molar-refractivity contribution < 1.29 is 4.79 Å². The summed E-state index contributed by atoms with van der Waals surface area (Å²) in [4.78, 5) is 13.6. The first-order valence-electron chi connectivity index (χ1n) is 10.2. The van der Waals surface area contributed by atoms with E-state index in [4.69, 9.17) is 5.53 Å². The van der Waals surface area contributed by atoms with E-state index in [2.05, 4.69) is 64.7 Å². The van der Waals surface area contributed by atoms with Gasteiger partial charge in [-0.1, -0.05) is 53.7 Å². The molecule has 5 rings (SSSR count). The summed E-state index contributed by atoms with van der Waals surface area (Å²) in [6.07, 6.45) is 11.9. The van der Waals surface area contributed by atoms with Crippen LogP contribution in [0.2, 0.25) is 0 Å². The SMILES string of the molecule is CC1=CCC(N=[N+]=[N-])c2c1ccc1c2CCc2ccccc2-1.O=C1C=CC=CNC1. The molecule has 0 bridgehead atoms. The topological polar surface area (TPSA) is 77.9 Å². The molecule has 0 radical (unpaired) electrons. The lowest BCUT2D eigenvalue weighted by Gasteiger charge is -2.29. The van der Waals surface area contributed by atoms with Crippen molar-refractivity contribution in [2.75, 3.05) is 6.54 Å². The molecule has 0 saturated carbocycles. The van der Waals surface area contributed by atoms with E-state index in [0.29, 0.717) is 6.54 Å². The number of benzene rings is 2. The fourth-order valence-corrected chi connectivity index (χ4v) is 4.36. The van der Waals surface area contributed by atoms with Crippen molar-refractivity contribution in [3.63, 3.8) is 0 Å². The zero-order valence-corrected chi connectivity index (χ0v) is 17.0. The van der Waals surface area contributed by atoms with E-state index in [1.807, 2.05) is 0 Å². The number of azide groups is 1. The summed E-state index contributed by atoms with van der Waals surface area (Å²) in [6.45, 7) is 2.57. The van der Waals surface area contributed by atoms with Crippen molar-refractivity contribution >= 4 is 11.4 Å². The molecular weight excluding hydrogens is 372 g/mol. The molecule has 0 saturated heterocycles. The molecule has 1 heterocycles. The van der Waals surface area contributed by atoms with Crippen molar-refractivity contribution in [2.45, 2.75) is 32.2 Å². The lowest BCUT2D eigenvalue weighted by molar-refractivity contribution is -0.113. The van der Waals surface area contributed by atoms with Crippen LogP contribution in [0.25, 0.3) is 27.1 Å². The molecule has 2 aromatic rings. The monoisotopic (exact) mass is 396 g/mol. The van der Waals surface area contributed by atoms with Crippen LogP contribution in [0.3, 0.4) is 0 Å². The Kier molecular flexibility index (Phi) is 5.82. The molecular formula is C25H24N4O. The van der Waals surface area contributed by atoms with Gasteiger partial charge in [0.2, 0.25) is 0 Å². The molecule has 30 heavy (non-hydrogen) atoms. The Morgan fingerprint density at radius 3 is 2.77 bits per heavy atom. The van der Waals surface area contributed by atoms with E-state index >= 15 is 0 Å². The fraction of sp³-hybridized carbons (Fsp3) is 0.240. The number of hydrogen-bond donors (Lipinski definition) is 1. The number of ketones is 1. The molecule has 1 unspecified atom stereocenters. The van der Waals surface area contributed by atoms with E-state index in [-0.39, 0.29) is 11.8 Å². The Morgan fingerprint density at radius 1 is 1.07 bits per heavy atom. The van der Waals surface area contributed by atoms with E-state index in [0.717, 1.165) is 19.3 Å². The number of rotatable bonds is 1. The third-order valence-electron chi connectivity index (χ3n) is 5.79. The minimum atomic E-state index is -0.0658. The molecule has 2 aliphatic carbocycles. The Hall–Kier alpha value is -3.56. The minimum Gasteiger partial charge on any atom is -0.383 e.